The predicted molar refractivity (Wildman–Crippen MR) is 67.6 cm³/mol. The number of ether oxygens (including phenoxy) is 1. The number of rotatable bonds is 5. The number of nitrogen functional groups attached to an aromatic ring is 1. The highest BCUT2D eigenvalue weighted by molar-refractivity contribution is 7.99. The minimum atomic E-state index is 0.0111. The lowest BCUT2D eigenvalue weighted by molar-refractivity contribution is -0.118. The Kier molecular flexibility index (Phi) is 4.98. The Balaban J connectivity index is 2.65. The molecule has 0 bridgehead atoms. The first-order valence-electron chi connectivity index (χ1n) is 4.85. The van der Waals surface area contributed by atoms with E-state index in [1.54, 1.807) is 25.3 Å². The normalized spacial score (nSPS) is 9.88. The van der Waals surface area contributed by atoms with Crippen molar-refractivity contribution in [3.05, 3.63) is 23.8 Å². The van der Waals surface area contributed by atoms with Gasteiger partial charge in [0.15, 0.2) is 0 Å². The van der Waals surface area contributed by atoms with Crippen LogP contribution in [0.2, 0.25) is 0 Å². The maximum absolute atomic E-state index is 11.3. The highest BCUT2D eigenvalue weighted by Crippen LogP contribution is 2.20. The molecule has 4 nitrogen and oxygen atoms in total. The van der Waals surface area contributed by atoms with Crippen LogP contribution in [0.5, 0.6) is 5.75 Å². The van der Waals surface area contributed by atoms with Crippen molar-refractivity contribution in [1.82, 2.24) is 5.32 Å². The SMILES string of the molecule is COc1ccc(N)cc1CNC(=O)CSC. The van der Waals surface area contributed by atoms with Gasteiger partial charge >= 0.3 is 0 Å². The average molecular weight is 240 g/mol. The highest BCUT2D eigenvalue weighted by Gasteiger charge is 2.05. The van der Waals surface area contributed by atoms with Gasteiger partial charge in [-0.1, -0.05) is 0 Å². The third-order valence-electron chi connectivity index (χ3n) is 2.06. The fourth-order valence-corrected chi connectivity index (χ4v) is 1.68. The van der Waals surface area contributed by atoms with Crippen LogP contribution < -0.4 is 15.8 Å². The number of benzene rings is 1. The van der Waals surface area contributed by atoms with E-state index in [9.17, 15) is 4.79 Å². The molecule has 16 heavy (non-hydrogen) atoms. The van der Waals surface area contributed by atoms with Gasteiger partial charge in [0, 0.05) is 17.8 Å². The number of nitrogens with one attached hydrogen (secondary N) is 1. The zero-order chi connectivity index (χ0) is 12.0. The fraction of sp³-hybridized carbons (Fsp3) is 0.364. The van der Waals surface area contributed by atoms with Crippen LogP contribution in [0.3, 0.4) is 0 Å². The maximum atomic E-state index is 11.3. The van der Waals surface area contributed by atoms with E-state index in [0.717, 1.165) is 11.3 Å². The van der Waals surface area contributed by atoms with Crippen molar-refractivity contribution in [2.24, 2.45) is 0 Å². The lowest BCUT2D eigenvalue weighted by Crippen LogP contribution is -2.24. The number of thioether (sulfide) groups is 1. The monoisotopic (exact) mass is 240 g/mol. The molecule has 0 fully saturated rings. The summed E-state index contributed by atoms with van der Waals surface area (Å²) in [5, 5.41) is 2.81. The molecule has 0 saturated carbocycles. The standard InChI is InChI=1S/C11H16N2O2S/c1-15-10-4-3-9(12)5-8(10)6-13-11(14)7-16-2/h3-5H,6-7,12H2,1-2H3,(H,13,14). The topological polar surface area (TPSA) is 64.3 Å². The van der Waals surface area contributed by atoms with Gasteiger partial charge in [-0.3, -0.25) is 4.79 Å². The number of amides is 1. The van der Waals surface area contributed by atoms with Crippen molar-refractivity contribution in [2.45, 2.75) is 6.54 Å². The molecule has 0 radical (unpaired) electrons. The zero-order valence-electron chi connectivity index (χ0n) is 9.45. The number of hydrogen-bond donors (Lipinski definition) is 2. The summed E-state index contributed by atoms with van der Waals surface area (Å²) in [6.45, 7) is 0.438. The Morgan fingerprint density at radius 3 is 2.94 bits per heavy atom. The molecule has 0 aliphatic rings. The van der Waals surface area contributed by atoms with Crippen molar-refractivity contribution in [3.8, 4) is 5.75 Å². The van der Waals surface area contributed by atoms with Gasteiger partial charge in [-0.05, 0) is 24.5 Å². The molecule has 0 spiro atoms. The largest absolute Gasteiger partial charge is 0.496 e. The molecule has 0 saturated heterocycles. The summed E-state index contributed by atoms with van der Waals surface area (Å²) < 4.78 is 5.18. The van der Waals surface area contributed by atoms with Crippen molar-refractivity contribution in [3.63, 3.8) is 0 Å². The quantitative estimate of drug-likeness (QED) is 0.760. The van der Waals surface area contributed by atoms with E-state index in [-0.39, 0.29) is 5.91 Å². The maximum Gasteiger partial charge on any atom is 0.230 e. The van der Waals surface area contributed by atoms with Gasteiger partial charge in [0.25, 0.3) is 0 Å². The summed E-state index contributed by atoms with van der Waals surface area (Å²) in [5.41, 5.74) is 7.22. The first-order chi connectivity index (χ1) is 7.67. The van der Waals surface area contributed by atoms with Crippen LogP contribution in [0, 0.1) is 0 Å². The Bertz CT molecular complexity index is 369. The number of methoxy groups -OCH3 is 1. The first-order valence-corrected chi connectivity index (χ1v) is 6.24. The lowest BCUT2D eigenvalue weighted by Gasteiger charge is -2.10. The predicted octanol–water partition coefficient (Wildman–Crippen LogP) is 1.26. The molecule has 5 heteroatoms. The number of anilines is 1. The number of hydrogen-bond acceptors (Lipinski definition) is 4. The smallest absolute Gasteiger partial charge is 0.230 e. The average Bonchev–Trinajstić information content (AvgIpc) is 2.27. The second kappa shape index (κ2) is 6.27. The molecule has 1 aromatic rings. The van der Waals surface area contributed by atoms with Crippen LogP contribution >= 0.6 is 11.8 Å². The van der Waals surface area contributed by atoms with Gasteiger partial charge in [0.05, 0.1) is 12.9 Å². The van der Waals surface area contributed by atoms with E-state index in [2.05, 4.69) is 5.32 Å². The van der Waals surface area contributed by atoms with Crippen molar-refractivity contribution in [1.29, 1.82) is 0 Å². The van der Waals surface area contributed by atoms with E-state index in [4.69, 9.17) is 10.5 Å². The molecule has 1 amide bonds. The van der Waals surface area contributed by atoms with Gasteiger partial charge in [-0.2, -0.15) is 11.8 Å². The van der Waals surface area contributed by atoms with Crippen LogP contribution in [0.4, 0.5) is 5.69 Å². The fourth-order valence-electron chi connectivity index (χ4n) is 1.31. The minimum absolute atomic E-state index is 0.0111. The molecule has 88 valence electrons. The van der Waals surface area contributed by atoms with Gasteiger partial charge < -0.3 is 15.8 Å². The van der Waals surface area contributed by atoms with Crippen molar-refractivity contribution < 1.29 is 9.53 Å². The number of carbonyl (C=O) groups excluding carboxylic acids is 1. The molecule has 1 rings (SSSR count). The van der Waals surface area contributed by atoms with E-state index >= 15 is 0 Å². The Morgan fingerprint density at radius 1 is 1.56 bits per heavy atom. The molecule has 0 atom stereocenters. The molecular weight excluding hydrogens is 224 g/mol. The molecule has 0 heterocycles. The molecular formula is C11H16N2O2S. The minimum Gasteiger partial charge on any atom is -0.496 e. The Morgan fingerprint density at radius 2 is 2.31 bits per heavy atom. The van der Waals surface area contributed by atoms with E-state index in [1.165, 1.54) is 11.8 Å². The third kappa shape index (κ3) is 3.66. The van der Waals surface area contributed by atoms with E-state index < -0.39 is 0 Å². The summed E-state index contributed by atoms with van der Waals surface area (Å²) in [4.78, 5) is 11.3. The first kappa shape index (κ1) is 12.7. The summed E-state index contributed by atoms with van der Waals surface area (Å²) in [6, 6.07) is 5.37. The summed E-state index contributed by atoms with van der Waals surface area (Å²) in [6.07, 6.45) is 1.89. The molecule has 3 N–H and O–H groups in total. The van der Waals surface area contributed by atoms with Crippen molar-refractivity contribution >= 4 is 23.4 Å². The molecule has 0 aliphatic heterocycles. The number of nitrogens with two attached hydrogens (primary N) is 1. The molecule has 0 aliphatic carbocycles. The van der Waals surface area contributed by atoms with E-state index in [1.807, 2.05) is 6.26 Å². The molecule has 0 unspecified atom stereocenters. The van der Waals surface area contributed by atoms with Crippen LogP contribution in [0.15, 0.2) is 18.2 Å². The molecule has 1 aromatic carbocycles. The second-order valence-electron chi connectivity index (χ2n) is 3.28. The van der Waals surface area contributed by atoms with Crippen LogP contribution in [0.1, 0.15) is 5.56 Å². The van der Waals surface area contributed by atoms with Crippen LogP contribution in [-0.4, -0.2) is 25.0 Å². The van der Waals surface area contributed by atoms with Crippen LogP contribution in [0.25, 0.3) is 0 Å². The Hall–Kier alpha value is -1.36. The zero-order valence-corrected chi connectivity index (χ0v) is 10.3. The van der Waals surface area contributed by atoms with Gasteiger partial charge in [0.2, 0.25) is 5.91 Å². The summed E-state index contributed by atoms with van der Waals surface area (Å²) in [5.74, 6) is 1.21. The second-order valence-corrected chi connectivity index (χ2v) is 4.15. The molecule has 0 aromatic heterocycles. The van der Waals surface area contributed by atoms with Gasteiger partial charge in [0.1, 0.15) is 5.75 Å². The Labute approximate surface area is 99.5 Å². The highest BCUT2D eigenvalue weighted by atomic mass is 32.2. The summed E-state index contributed by atoms with van der Waals surface area (Å²) in [7, 11) is 1.60. The summed E-state index contributed by atoms with van der Waals surface area (Å²) >= 11 is 1.49. The lowest BCUT2D eigenvalue weighted by atomic mass is 10.2. The number of carbonyl (C=O) groups is 1. The van der Waals surface area contributed by atoms with E-state index in [0.29, 0.717) is 18.0 Å². The van der Waals surface area contributed by atoms with Crippen LogP contribution in [-0.2, 0) is 11.3 Å². The van der Waals surface area contributed by atoms with Gasteiger partial charge in [-0.15, -0.1) is 0 Å². The van der Waals surface area contributed by atoms with Gasteiger partial charge in [-0.25, -0.2) is 0 Å². The third-order valence-corrected chi connectivity index (χ3v) is 2.61. The van der Waals surface area contributed by atoms with Crippen molar-refractivity contribution in [2.75, 3.05) is 24.9 Å².